The number of amides is 1. The Morgan fingerprint density at radius 2 is 2.05 bits per heavy atom. The molecule has 0 spiro atoms. The molecule has 1 aliphatic heterocycles. The fourth-order valence-electron chi connectivity index (χ4n) is 2.05. The molecule has 1 saturated heterocycles. The fourth-order valence-corrected chi connectivity index (χ4v) is 3.72. The number of nitriles is 1. The lowest BCUT2D eigenvalue weighted by Gasteiger charge is -2.09. The lowest BCUT2D eigenvalue weighted by atomic mass is 10.1. The molecular weight excluding hydrogens is 295 g/mol. The molecule has 1 amide bonds. The van der Waals surface area contributed by atoms with Gasteiger partial charge in [-0.2, -0.15) is 5.26 Å². The van der Waals surface area contributed by atoms with Crippen molar-refractivity contribution in [1.29, 1.82) is 5.26 Å². The number of hydrogen-bond donors (Lipinski definition) is 1. The minimum atomic E-state index is -3.10. The van der Waals surface area contributed by atoms with Crippen LogP contribution in [0, 0.1) is 17.1 Å². The summed E-state index contributed by atoms with van der Waals surface area (Å²) in [7, 11) is -3.10. The second kappa shape index (κ2) is 6.06. The predicted octanol–water partition coefficient (Wildman–Crippen LogP) is 1.04. The molecule has 1 N–H and O–H groups in total. The van der Waals surface area contributed by atoms with Crippen LogP contribution in [0.4, 0.5) is 4.39 Å². The summed E-state index contributed by atoms with van der Waals surface area (Å²) in [6, 6.07) is 6.64. The molecule has 0 bridgehead atoms. The van der Waals surface area contributed by atoms with E-state index in [1.54, 1.807) is 6.07 Å². The Balaban J connectivity index is 2.09. The van der Waals surface area contributed by atoms with Gasteiger partial charge in [-0.1, -0.05) is 12.1 Å². The van der Waals surface area contributed by atoms with Crippen molar-refractivity contribution in [2.24, 2.45) is 0 Å². The van der Waals surface area contributed by atoms with Crippen LogP contribution < -0.4 is 5.32 Å². The van der Waals surface area contributed by atoms with Crippen LogP contribution in [-0.4, -0.2) is 31.9 Å². The van der Waals surface area contributed by atoms with Gasteiger partial charge in [-0.3, -0.25) is 4.79 Å². The van der Waals surface area contributed by atoms with E-state index < -0.39 is 27.6 Å². The first-order valence-corrected chi connectivity index (χ1v) is 8.10. The van der Waals surface area contributed by atoms with Crippen molar-refractivity contribution in [3.8, 4) is 6.07 Å². The molecule has 21 heavy (non-hydrogen) atoms. The maximum atomic E-state index is 12.8. The molecule has 1 atom stereocenters. The van der Waals surface area contributed by atoms with Crippen molar-refractivity contribution >= 4 is 21.8 Å². The van der Waals surface area contributed by atoms with E-state index in [1.165, 1.54) is 30.3 Å². The van der Waals surface area contributed by atoms with Crippen LogP contribution >= 0.6 is 0 Å². The summed E-state index contributed by atoms with van der Waals surface area (Å²) < 4.78 is 35.4. The van der Waals surface area contributed by atoms with Crippen molar-refractivity contribution < 1.29 is 17.6 Å². The van der Waals surface area contributed by atoms with E-state index in [0.29, 0.717) is 12.0 Å². The molecule has 7 heteroatoms. The SMILES string of the molecule is N#C/C(=C/c1ccc(F)cc1)C(=O)N[C@@H]1CCS(=O)(=O)C1. The number of nitrogens with one attached hydrogen (secondary N) is 1. The summed E-state index contributed by atoms with van der Waals surface area (Å²) in [5.41, 5.74) is 0.369. The van der Waals surface area contributed by atoms with Crippen molar-refractivity contribution in [3.63, 3.8) is 0 Å². The first kappa shape index (κ1) is 15.2. The molecule has 1 aromatic rings. The first-order chi connectivity index (χ1) is 9.89. The van der Waals surface area contributed by atoms with E-state index in [-0.39, 0.29) is 17.1 Å². The van der Waals surface area contributed by atoms with Gasteiger partial charge in [0.15, 0.2) is 9.84 Å². The van der Waals surface area contributed by atoms with Gasteiger partial charge in [0.1, 0.15) is 17.5 Å². The third kappa shape index (κ3) is 4.13. The summed E-state index contributed by atoms with van der Waals surface area (Å²) in [5, 5.41) is 11.6. The van der Waals surface area contributed by atoms with Crippen molar-refractivity contribution in [3.05, 3.63) is 41.2 Å². The highest BCUT2D eigenvalue weighted by Crippen LogP contribution is 2.13. The summed E-state index contributed by atoms with van der Waals surface area (Å²) >= 11 is 0. The Morgan fingerprint density at radius 1 is 1.38 bits per heavy atom. The summed E-state index contributed by atoms with van der Waals surface area (Å²) in [5.74, 6) is -1.09. The largest absolute Gasteiger partial charge is 0.348 e. The van der Waals surface area contributed by atoms with Crippen LogP contribution in [0.3, 0.4) is 0 Å². The highest BCUT2D eigenvalue weighted by atomic mass is 32.2. The zero-order valence-electron chi connectivity index (χ0n) is 11.0. The van der Waals surface area contributed by atoms with E-state index in [1.807, 2.05) is 0 Å². The fraction of sp³-hybridized carbons (Fsp3) is 0.286. The van der Waals surface area contributed by atoms with Gasteiger partial charge in [0.2, 0.25) is 0 Å². The number of halogens is 1. The minimum Gasteiger partial charge on any atom is -0.348 e. The Labute approximate surface area is 122 Å². The van der Waals surface area contributed by atoms with Gasteiger partial charge in [-0.15, -0.1) is 0 Å². The third-order valence-corrected chi connectivity index (χ3v) is 4.88. The summed E-state index contributed by atoms with van der Waals surface area (Å²) in [6.45, 7) is 0. The number of nitrogens with zero attached hydrogens (tertiary/aromatic N) is 1. The van der Waals surface area contributed by atoms with Crippen LogP contribution in [0.5, 0.6) is 0 Å². The van der Waals surface area contributed by atoms with Gasteiger partial charge in [-0.25, -0.2) is 12.8 Å². The molecule has 110 valence electrons. The van der Waals surface area contributed by atoms with Crippen LogP contribution in [0.15, 0.2) is 29.8 Å². The van der Waals surface area contributed by atoms with Crippen LogP contribution in [-0.2, 0) is 14.6 Å². The Hall–Kier alpha value is -2.20. The number of sulfone groups is 1. The summed E-state index contributed by atoms with van der Waals surface area (Å²) in [4.78, 5) is 11.9. The van der Waals surface area contributed by atoms with Gasteiger partial charge in [0.05, 0.1) is 11.5 Å². The summed E-state index contributed by atoms with van der Waals surface area (Å²) in [6.07, 6.45) is 1.68. The monoisotopic (exact) mass is 308 g/mol. The average molecular weight is 308 g/mol. The average Bonchev–Trinajstić information content (AvgIpc) is 2.77. The molecule has 5 nitrogen and oxygen atoms in total. The van der Waals surface area contributed by atoms with Gasteiger partial charge < -0.3 is 5.32 Å². The van der Waals surface area contributed by atoms with E-state index in [4.69, 9.17) is 5.26 Å². The van der Waals surface area contributed by atoms with Gasteiger partial charge in [0, 0.05) is 6.04 Å². The third-order valence-electron chi connectivity index (χ3n) is 3.11. The molecular formula is C14H13FN2O3S. The number of rotatable bonds is 3. The zero-order chi connectivity index (χ0) is 15.5. The Morgan fingerprint density at radius 3 is 2.57 bits per heavy atom. The lowest BCUT2D eigenvalue weighted by Crippen LogP contribution is -2.36. The zero-order valence-corrected chi connectivity index (χ0v) is 11.9. The van der Waals surface area contributed by atoms with Gasteiger partial charge >= 0.3 is 0 Å². The van der Waals surface area contributed by atoms with Gasteiger partial charge in [-0.05, 0) is 30.2 Å². The highest BCUT2D eigenvalue weighted by Gasteiger charge is 2.29. The quantitative estimate of drug-likeness (QED) is 0.667. The molecule has 1 aliphatic rings. The van der Waals surface area contributed by atoms with E-state index in [2.05, 4.69) is 5.32 Å². The van der Waals surface area contributed by atoms with E-state index in [9.17, 15) is 17.6 Å². The standard InChI is InChI=1S/C14H13FN2O3S/c15-12-3-1-10(2-4-12)7-11(8-16)14(18)17-13-5-6-21(19,20)9-13/h1-4,7,13H,5-6,9H2,(H,17,18)/b11-7-/t13-/m1/s1. The predicted molar refractivity (Wildman–Crippen MR) is 75.2 cm³/mol. The van der Waals surface area contributed by atoms with Crippen molar-refractivity contribution in [2.75, 3.05) is 11.5 Å². The molecule has 2 rings (SSSR count). The highest BCUT2D eigenvalue weighted by molar-refractivity contribution is 7.91. The second-order valence-corrected chi connectivity index (χ2v) is 7.02. The molecule has 1 aromatic carbocycles. The smallest absolute Gasteiger partial charge is 0.262 e. The van der Waals surface area contributed by atoms with Crippen LogP contribution in [0.1, 0.15) is 12.0 Å². The minimum absolute atomic E-state index is 0.0432. The topological polar surface area (TPSA) is 87.0 Å². The molecule has 1 heterocycles. The van der Waals surface area contributed by atoms with E-state index >= 15 is 0 Å². The van der Waals surface area contributed by atoms with Crippen LogP contribution in [0.25, 0.3) is 6.08 Å². The van der Waals surface area contributed by atoms with Gasteiger partial charge in [0.25, 0.3) is 5.91 Å². The molecule has 0 radical (unpaired) electrons. The first-order valence-electron chi connectivity index (χ1n) is 6.28. The molecule has 0 aromatic heterocycles. The Kier molecular flexibility index (Phi) is 4.38. The van der Waals surface area contributed by atoms with Crippen molar-refractivity contribution in [1.82, 2.24) is 5.32 Å². The lowest BCUT2D eigenvalue weighted by molar-refractivity contribution is -0.117. The number of carbonyl (C=O) groups is 1. The van der Waals surface area contributed by atoms with Crippen molar-refractivity contribution in [2.45, 2.75) is 12.5 Å². The number of hydrogen-bond acceptors (Lipinski definition) is 4. The normalized spacial score (nSPS) is 20.8. The second-order valence-electron chi connectivity index (χ2n) is 4.79. The maximum Gasteiger partial charge on any atom is 0.262 e. The number of benzene rings is 1. The molecule has 1 fully saturated rings. The molecule has 0 unspecified atom stereocenters. The van der Waals surface area contributed by atoms with E-state index in [0.717, 1.165) is 0 Å². The number of carbonyl (C=O) groups excluding carboxylic acids is 1. The Bertz CT molecular complexity index is 718. The maximum absolute atomic E-state index is 12.8. The molecule has 0 aliphatic carbocycles. The molecule has 0 saturated carbocycles. The van der Waals surface area contributed by atoms with Crippen LogP contribution in [0.2, 0.25) is 0 Å².